The molecule has 0 bridgehead atoms. The van der Waals surface area contributed by atoms with Gasteiger partial charge in [0.25, 0.3) is 6.23 Å². The summed E-state index contributed by atoms with van der Waals surface area (Å²) in [6.07, 6.45) is -0.512. The molecule has 2 heterocycles. The smallest absolute Gasteiger partial charge is 0.415 e. The lowest BCUT2D eigenvalue weighted by Gasteiger charge is -2.14. The van der Waals surface area contributed by atoms with Gasteiger partial charge in [0, 0.05) is 0 Å². The summed E-state index contributed by atoms with van der Waals surface area (Å²) in [5.41, 5.74) is 2.34. The number of ether oxygens (including phenoxy) is 1. The molecule has 96 valence electrons. The zero-order chi connectivity index (χ0) is 13.3. The van der Waals surface area contributed by atoms with E-state index in [4.69, 9.17) is 4.74 Å². The second-order valence-corrected chi connectivity index (χ2v) is 3.28. The summed E-state index contributed by atoms with van der Waals surface area (Å²) in [6.45, 7) is 1.81. The third-order valence-corrected chi connectivity index (χ3v) is 2.22. The number of carbonyl (C=O) groups is 1. The maximum atomic E-state index is 11.5. The van der Waals surface area contributed by atoms with Crippen LogP contribution in [0.4, 0.5) is 5.82 Å². The van der Waals surface area contributed by atoms with Crippen molar-refractivity contribution in [2.24, 2.45) is 5.10 Å². The number of anilines is 1. The van der Waals surface area contributed by atoms with Crippen LogP contribution in [-0.2, 0) is 4.74 Å². The van der Waals surface area contributed by atoms with Crippen LogP contribution in [0.3, 0.4) is 0 Å². The van der Waals surface area contributed by atoms with Crippen molar-refractivity contribution in [1.29, 1.82) is 0 Å². The lowest BCUT2D eigenvalue weighted by molar-refractivity contribution is -0.362. The van der Waals surface area contributed by atoms with Crippen molar-refractivity contribution in [1.82, 2.24) is 9.78 Å². The second kappa shape index (κ2) is 4.41. The normalized spacial score (nSPS) is 17.4. The number of carbonyl (C=O) groups excluding carboxylic acids is 1. The molecule has 1 aliphatic rings. The highest BCUT2D eigenvalue weighted by atomic mass is 16.6. The van der Waals surface area contributed by atoms with Crippen molar-refractivity contribution in [3.8, 4) is 0 Å². The summed E-state index contributed by atoms with van der Waals surface area (Å²) < 4.78 is 5.65. The molecule has 1 aromatic rings. The van der Waals surface area contributed by atoms with Crippen molar-refractivity contribution < 1.29 is 19.6 Å². The fourth-order valence-electron chi connectivity index (χ4n) is 1.43. The highest BCUT2D eigenvalue weighted by molar-refractivity contribution is 5.95. The molecule has 0 unspecified atom stereocenters. The predicted octanol–water partition coefficient (Wildman–Crippen LogP) is -0.434. The number of nitrogens with one attached hydrogen (secondary N) is 1. The highest BCUT2D eigenvalue weighted by Gasteiger charge is 2.36. The molecule has 0 saturated heterocycles. The summed E-state index contributed by atoms with van der Waals surface area (Å²) in [5.74, 6) is -1.31. The van der Waals surface area contributed by atoms with Gasteiger partial charge >= 0.3 is 11.8 Å². The third kappa shape index (κ3) is 1.78. The molecule has 0 aromatic carbocycles. The summed E-state index contributed by atoms with van der Waals surface area (Å²) in [5, 5.41) is 27.3. The number of fused-ring (bicyclic) bond motifs is 1. The number of nitrogens with zero attached hydrogens (tertiary/aromatic N) is 4. The number of aliphatic hydroxyl groups is 1. The van der Waals surface area contributed by atoms with Gasteiger partial charge in [-0.2, -0.15) is 10.5 Å². The summed E-state index contributed by atoms with van der Waals surface area (Å²) in [7, 11) is 0. The average Bonchev–Trinajstić information content (AvgIpc) is 2.74. The van der Waals surface area contributed by atoms with Gasteiger partial charge in [-0.05, 0) is 11.8 Å². The van der Waals surface area contributed by atoms with E-state index < -0.39 is 23.0 Å². The maximum Gasteiger partial charge on any atom is 0.415 e. The summed E-state index contributed by atoms with van der Waals surface area (Å²) >= 11 is 0. The van der Waals surface area contributed by atoms with Gasteiger partial charge in [-0.15, -0.1) is 0 Å². The molecule has 0 saturated carbocycles. The van der Waals surface area contributed by atoms with Gasteiger partial charge in [0.1, 0.15) is 5.56 Å². The van der Waals surface area contributed by atoms with E-state index in [1.807, 2.05) is 0 Å². The highest BCUT2D eigenvalue weighted by Crippen LogP contribution is 2.24. The Bertz CT molecular complexity index is 536. The Morgan fingerprint density at radius 3 is 3.11 bits per heavy atom. The van der Waals surface area contributed by atoms with E-state index in [1.54, 1.807) is 6.92 Å². The predicted molar refractivity (Wildman–Crippen MR) is 57.5 cm³/mol. The van der Waals surface area contributed by atoms with E-state index in [0.717, 1.165) is 10.9 Å². The molecular formula is C8H9N5O5. The first-order valence-corrected chi connectivity index (χ1v) is 4.97. The van der Waals surface area contributed by atoms with E-state index >= 15 is 0 Å². The number of aromatic nitrogens is 2. The van der Waals surface area contributed by atoms with E-state index in [1.165, 1.54) is 0 Å². The van der Waals surface area contributed by atoms with Crippen LogP contribution in [0.25, 0.3) is 0 Å². The Labute approximate surface area is 100.0 Å². The fourth-order valence-corrected chi connectivity index (χ4v) is 1.43. The van der Waals surface area contributed by atoms with Crippen LogP contribution in [0.5, 0.6) is 0 Å². The molecule has 0 amide bonds. The number of hydrogen-bond acceptors (Lipinski definition) is 8. The SMILES string of the molecule is CCOC(=O)c1cnn2c1NN=C([N+](=O)[O-])[C@H]2O. The molecule has 2 N–H and O–H groups in total. The van der Waals surface area contributed by atoms with Crippen molar-refractivity contribution >= 4 is 17.6 Å². The number of hydrogen-bond donors (Lipinski definition) is 2. The lowest BCUT2D eigenvalue weighted by Crippen LogP contribution is -2.32. The average molecular weight is 255 g/mol. The van der Waals surface area contributed by atoms with Crippen molar-refractivity contribution in [2.75, 3.05) is 12.0 Å². The molecule has 1 aromatic heterocycles. The Morgan fingerprint density at radius 1 is 1.78 bits per heavy atom. The largest absolute Gasteiger partial charge is 0.462 e. The van der Waals surface area contributed by atoms with Gasteiger partial charge in [0.05, 0.1) is 17.9 Å². The quantitative estimate of drug-likeness (QED) is 0.416. The lowest BCUT2D eigenvalue weighted by atomic mass is 10.3. The molecule has 10 heteroatoms. The fraction of sp³-hybridized carbons (Fsp3) is 0.375. The van der Waals surface area contributed by atoms with Gasteiger partial charge < -0.3 is 20.0 Å². The third-order valence-electron chi connectivity index (χ3n) is 2.22. The number of esters is 1. The molecule has 1 aliphatic heterocycles. The Morgan fingerprint density at radius 2 is 2.50 bits per heavy atom. The number of aliphatic hydroxyl groups excluding tert-OH is 1. The van der Waals surface area contributed by atoms with Crippen LogP contribution in [-0.4, -0.2) is 38.2 Å². The van der Waals surface area contributed by atoms with E-state index in [9.17, 15) is 20.0 Å². The Kier molecular flexibility index (Phi) is 2.93. The molecule has 2 rings (SSSR count). The zero-order valence-electron chi connectivity index (χ0n) is 9.23. The Hall–Kier alpha value is -2.49. The number of amidine groups is 1. The topological polar surface area (TPSA) is 132 Å². The molecule has 10 nitrogen and oxygen atoms in total. The molecule has 0 spiro atoms. The minimum Gasteiger partial charge on any atom is -0.462 e. The van der Waals surface area contributed by atoms with Crippen LogP contribution in [0.15, 0.2) is 11.3 Å². The molecule has 1 atom stereocenters. The first-order chi connectivity index (χ1) is 8.56. The minimum atomic E-state index is -1.65. The van der Waals surface area contributed by atoms with Crippen LogP contribution in [0.1, 0.15) is 23.5 Å². The van der Waals surface area contributed by atoms with Gasteiger partial charge in [0.15, 0.2) is 5.82 Å². The molecule has 0 fully saturated rings. The molecular weight excluding hydrogens is 246 g/mol. The van der Waals surface area contributed by atoms with Crippen LogP contribution >= 0.6 is 0 Å². The number of nitro groups is 1. The molecule has 0 radical (unpaired) electrons. The first kappa shape index (κ1) is 12.0. The van der Waals surface area contributed by atoms with Crippen molar-refractivity contribution in [2.45, 2.75) is 13.2 Å². The van der Waals surface area contributed by atoms with E-state index in [2.05, 4.69) is 15.6 Å². The Balaban J connectivity index is 2.35. The molecule has 0 aliphatic carbocycles. The molecule has 18 heavy (non-hydrogen) atoms. The van der Waals surface area contributed by atoms with Crippen LogP contribution in [0, 0.1) is 10.1 Å². The van der Waals surface area contributed by atoms with Crippen molar-refractivity contribution in [3.05, 3.63) is 21.9 Å². The van der Waals surface area contributed by atoms with Crippen LogP contribution < -0.4 is 5.43 Å². The van der Waals surface area contributed by atoms with E-state index in [-0.39, 0.29) is 18.0 Å². The van der Waals surface area contributed by atoms with Gasteiger partial charge in [-0.1, -0.05) is 0 Å². The van der Waals surface area contributed by atoms with Gasteiger partial charge in [0.2, 0.25) is 0 Å². The standard InChI is InChI=1S/C8H9N5O5/c1-2-18-8(15)4-3-9-12-5(4)10-11-6(7(12)14)13(16)17/h3,7,10,14H,2H2,1H3/t7-/m1/s1. The first-order valence-electron chi connectivity index (χ1n) is 4.97. The van der Waals surface area contributed by atoms with Gasteiger partial charge in [-0.25, -0.2) is 9.48 Å². The number of hydrazone groups is 1. The summed E-state index contributed by atoms with van der Waals surface area (Å²) in [4.78, 5) is 21.2. The maximum absolute atomic E-state index is 11.5. The second-order valence-electron chi connectivity index (χ2n) is 3.28. The zero-order valence-corrected chi connectivity index (χ0v) is 9.23. The summed E-state index contributed by atoms with van der Waals surface area (Å²) in [6, 6.07) is 0. The van der Waals surface area contributed by atoms with Gasteiger partial charge in [-0.3, -0.25) is 0 Å². The minimum absolute atomic E-state index is 0.0436. The monoisotopic (exact) mass is 255 g/mol. The van der Waals surface area contributed by atoms with Crippen LogP contribution in [0.2, 0.25) is 0 Å². The number of rotatable bonds is 2. The van der Waals surface area contributed by atoms with Crippen molar-refractivity contribution in [3.63, 3.8) is 0 Å². The van der Waals surface area contributed by atoms with E-state index in [0.29, 0.717) is 0 Å².